The van der Waals surface area contributed by atoms with Crippen molar-refractivity contribution >= 4 is 33.6 Å². The normalized spacial score (nSPS) is 11.4. The predicted octanol–water partition coefficient (Wildman–Crippen LogP) is 5.29. The zero-order valence-corrected chi connectivity index (χ0v) is 20.6. The molecule has 0 aromatic heterocycles. The van der Waals surface area contributed by atoms with E-state index in [0.29, 0.717) is 11.3 Å². The van der Waals surface area contributed by atoms with Crippen molar-refractivity contribution in [2.75, 3.05) is 7.11 Å². The molecule has 0 radical (unpaired) electrons. The number of hydrogen-bond donors (Lipinski definition) is 1. The van der Waals surface area contributed by atoms with Gasteiger partial charge in [0.15, 0.2) is 0 Å². The van der Waals surface area contributed by atoms with Crippen molar-refractivity contribution in [1.82, 2.24) is 0 Å². The molecule has 0 fully saturated rings. The number of rotatable bonds is 14. The summed E-state index contributed by atoms with van der Waals surface area (Å²) in [5, 5.41) is 21.0. The van der Waals surface area contributed by atoms with E-state index in [1.165, 1.54) is 13.2 Å². The fourth-order valence-corrected chi connectivity index (χ4v) is 20.7. The summed E-state index contributed by atoms with van der Waals surface area (Å²) < 4.78 is 10.0. The topological polar surface area (TPSA) is 89.7 Å². The number of carboxylic acids is 1. The molecule has 1 aromatic carbocycles. The monoisotopic (exact) mass is 501 g/mol. The molecule has 28 heavy (non-hydrogen) atoms. The fourth-order valence-electron chi connectivity index (χ4n) is 4.02. The van der Waals surface area contributed by atoms with Gasteiger partial charge in [-0.05, 0) is 0 Å². The molecule has 0 bridgehead atoms. The number of aliphatic carboxylic acids is 1. The minimum absolute atomic E-state index is 0.0816. The zero-order valence-electron chi connectivity index (χ0n) is 17.8. The third-order valence-electron chi connectivity index (χ3n) is 5.48. The van der Waals surface area contributed by atoms with Crippen LogP contribution in [0, 0.1) is 10.1 Å². The molecule has 6 nitrogen and oxygen atoms in total. The van der Waals surface area contributed by atoms with Crippen LogP contribution in [0.15, 0.2) is 12.1 Å². The Morgan fingerprint density at radius 2 is 1.57 bits per heavy atom. The molecule has 0 saturated carbocycles. The minimum atomic E-state index is -3.03. The third-order valence-corrected chi connectivity index (χ3v) is 21.0. The molecule has 1 rings (SSSR count). The van der Waals surface area contributed by atoms with E-state index in [9.17, 15) is 20.0 Å². The Balaban J connectivity index is 3.71. The summed E-state index contributed by atoms with van der Waals surface area (Å²) in [4.78, 5) is 22.6. The Bertz CT molecular complexity index is 641. The van der Waals surface area contributed by atoms with Crippen LogP contribution in [0.5, 0.6) is 5.75 Å². The van der Waals surface area contributed by atoms with Gasteiger partial charge in [-0.15, -0.1) is 0 Å². The van der Waals surface area contributed by atoms with Crippen LogP contribution in [0.2, 0.25) is 13.3 Å². The molecule has 0 heterocycles. The van der Waals surface area contributed by atoms with Crippen molar-refractivity contribution in [1.29, 1.82) is 0 Å². The van der Waals surface area contributed by atoms with Crippen LogP contribution >= 0.6 is 0 Å². The molecule has 0 aliphatic carbocycles. The van der Waals surface area contributed by atoms with E-state index in [1.54, 1.807) is 0 Å². The predicted molar refractivity (Wildman–Crippen MR) is 116 cm³/mol. The van der Waals surface area contributed by atoms with E-state index >= 15 is 0 Å². The molecule has 0 spiro atoms. The maximum absolute atomic E-state index is 11.7. The first kappa shape index (κ1) is 24.7. The SMILES string of the molecule is CCC[CH2][Sn]([CH2]CCC)([CH2]CCC)[c]1cc(CC(=O)O)cc([N+](=O)[O-])c1OC. The summed E-state index contributed by atoms with van der Waals surface area (Å²) in [7, 11) is 1.50. The second kappa shape index (κ2) is 12.3. The summed E-state index contributed by atoms with van der Waals surface area (Å²) in [5.41, 5.74) is 0.433. The summed E-state index contributed by atoms with van der Waals surface area (Å²) in [6, 6.07) is 3.32. The van der Waals surface area contributed by atoms with E-state index in [2.05, 4.69) is 20.8 Å². The number of nitro benzene ring substituents is 1. The molecule has 1 aromatic rings. The van der Waals surface area contributed by atoms with Gasteiger partial charge in [0, 0.05) is 0 Å². The Labute approximate surface area is 172 Å². The van der Waals surface area contributed by atoms with E-state index in [4.69, 9.17) is 4.74 Å². The van der Waals surface area contributed by atoms with Crippen molar-refractivity contribution in [2.45, 2.75) is 79.0 Å². The fraction of sp³-hybridized carbons (Fsp3) is 0.667. The van der Waals surface area contributed by atoms with Gasteiger partial charge in [0.05, 0.1) is 0 Å². The molecular formula is C21H35NO5Sn. The molecular weight excluding hydrogens is 465 g/mol. The van der Waals surface area contributed by atoms with E-state index in [1.807, 2.05) is 6.07 Å². The number of nitrogens with zero attached hydrogens (tertiary/aromatic N) is 1. The van der Waals surface area contributed by atoms with E-state index in [-0.39, 0.29) is 12.1 Å². The molecule has 0 aliphatic rings. The van der Waals surface area contributed by atoms with Crippen molar-refractivity contribution in [3.8, 4) is 5.75 Å². The van der Waals surface area contributed by atoms with Gasteiger partial charge < -0.3 is 0 Å². The van der Waals surface area contributed by atoms with Crippen molar-refractivity contribution < 1.29 is 19.6 Å². The average molecular weight is 500 g/mol. The summed E-state index contributed by atoms with van der Waals surface area (Å²) in [5.74, 6) is -0.583. The molecule has 7 heteroatoms. The number of unbranched alkanes of at least 4 members (excludes halogenated alkanes) is 3. The van der Waals surface area contributed by atoms with Gasteiger partial charge in [-0.2, -0.15) is 0 Å². The van der Waals surface area contributed by atoms with Crippen LogP contribution < -0.4 is 8.32 Å². The molecule has 0 amide bonds. The molecule has 0 unspecified atom stereocenters. The number of carboxylic acid groups (broad SMARTS) is 1. The number of ether oxygens (including phenoxy) is 1. The number of nitro groups is 1. The molecule has 1 N–H and O–H groups in total. The zero-order chi connectivity index (χ0) is 21.2. The van der Waals surface area contributed by atoms with Gasteiger partial charge in [-0.1, -0.05) is 0 Å². The van der Waals surface area contributed by atoms with Gasteiger partial charge >= 0.3 is 173 Å². The molecule has 158 valence electrons. The Kier molecular flexibility index (Phi) is 10.9. The van der Waals surface area contributed by atoms with Crippen LogP contribution in [0.4, 0.5) is 5.69 Å². The first-order valence-corrected chi connectivity index (χ1v) is 17.9. The second-order valence-corrected chi connectivity index (χ2v) is 20.7. The molecule has 0 atom stereocenters. The molecule has 0 saturated heterocycles. The van der Waals surface area contributed by atoms with Crippen LogP contribution in [0.25, 0.3) is 0 Å². The van der Waals surface area contributed by atoms with Crippen LogP contribution in [0.3, 0.4) is 0 Å². The van der Waals surface area contributed by atoms with Gasteiger partial charge in [0.1, 0.15) is 0 Å². The molecule has 0 aliphatic heterocycles. The third kappa shape index (κ3) is 6.64. The van der Waals surface area contributed by atoms with Gasteiger partial charge in [0.2, 0.25) is 0 Å². The Morgan fingerprint density at radius 1 is 1.07 bits per heavy atom. The van der Waals surface area contributed by atoms with Crippen molar-refractivity contribution in [2.24, 2.45) is 0 Å². The van der Waals surface area contributed by atoms with Crippen LogP contribution in [-0.2, 0) is 11.2 Å². The second-order valence-electron chi connectivity index (χ2n) is 7.61. The van der Waals surface area contributed by atoms with Crippen molar-refractivity contribution in [3.05, 3.63) is 27.8 Å². The van der Waals surface area contributed by atoms with Crippen LogP contribution in [0.1, 0.15) is 64.9 Å². The first-order valence-electron chi connectivity index (χ1n) is 10.4. The Morgan fingerprint density at radius 3 is 1.93 bits per heavy atom. The quantitative estimate of drug-likeness (QED) is 0.213. The Hall–Kier alpha value is -1.31. The van der Waals surface area contributed by atoms with Gasteiger partial charge in [-0.3, -0.25) is 0 Å². The van der Waals surface area contributed by atoms with E-state index < -0.39 is 29.3 Å². The van der Waals surface area contributed by atoms with Gasteiger partial charge in [-0.25, -0.2) is 0 Å². The summed E-state index contributed by atoms with van der Waals surface area (Å²) in [6.07, 6.45) is 6.43. The standard InChI is InChI=1S/C9H8NO5.3C4H9.Sn/c1-15-8-3-2-6(5-9(11)12)4-7(8)10(13)14;3*1-3-4-2;/h2,4H,5H2,1H3,(H,11,12);3*1,3-4H2,2H3;. The van der Waals surface area contributed by atoms with Crippen molar-refractivity contribution in [3.63, 3.8) is 0 Å². The number of hydrogen-bond acceptors (Lipinski definition) is 4. The number of methoxy groups -OCH3 is 1. The first-order chi connectivity index (χ1) is 13.3. The number of benzene rings is 1. The van der Waals surface area contributed by atoms with E-state index in [0.717, 1.165) is 55.4 Å². The van der Waals surface area contributed by atoms with Crippen LogP contribution in [-0.4, -0.2) is 41.5 Å². The summed E-state index contributed by atoms with van der Waals surface area (Å²) >= 11 is -3.03. The summed E-state index contributed by atoms with van der Waals surface area (Å²) in [6.45, 7) is 6.53. The van der Waals surface area contributed by atoms with Gasteiger partial charge in [0.25, 0.3) is 0 Å². The average Bonchev–Trinajstić information content (AvgIpc) is 2.66. The number of carbonyl (C=O) groups is 1. The maximum atomic E-state index is 11.7.